The molecule has 3 aromatic rings. The fraction of sp³-hybridized carbons (Fsp3) is 0.222. The molecule has 2 aromatic carbocycles. The van der Waals surface area contributed by atoms with Crippen LogP contribution in [-0.2, 0) is 10.0 Å². The molecule has 3 rings (SSSR count). The second-order valence-electron chi connectivity index (χ2n) is 5.81. The van der Waals surface area contributed by atoms with E-state index < -0.39 is 10.0 Å². The maximum atomic E-state index is 13.0. The summed E-state index contributed by atoms with van der Waals surface area (Å²) in [6, 6.07) is 16.2. The van der Waals surface area contributed by atoms with Gasteiger partial charge in [0.1, 0.15) is 0 Å². The highest BCUT2D eigenvalue weighted by atomic mass is 32.2. The fourth-order valence-electron chi connectivity index (χ4n) is 2.41. The summed E-state index contributed by atoms with van der Waals surface area (Å²) in [7, 11) is 0.412. The molecule has 1 atom stereocenters. The summed E-state index contributed by atoms with van der Waals surface area (Å²) < 4.78 is 27.4. The molecule has 0 aliphatic rings. The molecule has 1 aromatic heterocycles. The monoisotopic (exact) mass is 360 g/mol. The molecule has 126 valence electrons. The highest BCUT2D eigenvalue weighted by Gasteiger charge is 2.22. The van der Waals surface area contributed by atoms with E-state index in [2.05, 4.69) is 11.8 Å². The van der Waals surface area contributed by atoms with Crippen molar-refractivity contribution in [2.45, 2.75) is 22.1 Å². The molecule has 4 nitrogen and oxygen atoms in total. The van der Waals surface area contributed by atoms with Gasteiger partial charge in [-0.05, 0) is 39.2 Å². The van der Waals surface area contributed by atoms with Crippen molar-refractivity contribution < 1.29 is 8.42 Å². The molecule has 6 heteroatoms. The number of aromatic nitrogens is 1. The summed E-state index contributed by atoms with van der Waals surface area (Å²) in [4.78, 5) is 3.36. The van der Waals surface area contributed by atoms with Crippen molar-refractivity contribution in [1.82, 2.24) is 8.87 Å². The van der Waals surface area contributed by atoms with E-state index in [1.165, 1.54) is 3.97 Å². The Morgan fingerprint density at radius 2 is 1.62 bits per heavy atom. The van der Waals surface area contributed by atoms with Gasteiger partial charge in [-0.3, -0.25) is 4.90 Å². The fourth-order valence-corrected chi connectivity index (χ4v) is 4.91. The van der Waals surface area contributed by atoms with E-state index in [9.17, 15) is 8.42 Å². The van der Waals surface area contributed by atoms with Crippen LogP contribution < -0.4 is 0 Å². The maximum Gasteiger partial charge on any atom is 0.268 e. The molecule has 24 heavy (non-hydrogen) atoms. The zero-order valence-corrected chi connectivity index (χ0v) is 15.5. The van der Waals surface area contributed by atoms with Crippen molar-refractivity contribution in [1.29, 1.82) is 0 Å². The number of nitrogens with zero attached hydrogens (tertiary/aromatic N) is 2. The van der Waals surface area contributed by atoms with E-state index in [0.717, 1.165) is 10.3 Å². The van der Waals surface area contributed by atoms with Gasteiger partial charge in [-0.15, -0.1) is 11.8 Å². The van der Waals surface area contributed by atoms with Gasteiger partial charge in [-0.25, -0.2) is 12.4 Å². The van der Waals surface area contributed by atoms with E-state index in [-0.39, 0.29) is 5.37 Å². The first kappa shape index (κ1) is 17.1. The SMILES string of the molecule is CC(Sc1cn(S(=O)(=O)c2ccccc2)c2ccccc12)N(C)C. The Morgan fingerprint density at radius 1 is 1.00 bits per heavy atom. The highest BCUT2D eigenvalue weighted by molar-refractivity contribution is 8.00. The third-order valence-corrected chi connectivity index (χ3v) is 7.00. The molecule has 0 spiro atoms. The van der Waals surface area contributed by atoms with E-state index >= 15 is 0 Å². The molecular formula is C18H20N2O2S2. The lowest BCUT2D eigenvalue weighted by molar-refractivity contribution is 0.402. The predicted molar refractivity (Wildman–Crippen MR) is 100.0 cm³/mol. The Labute approximate surface area is 147 Å². The summed E-state index contributed by atoms with van der Waals surface area (Å²) in [5, 5.41) is 1.19. The van der Waals surface area contributed by atoms with Gasteiger partial charge in [-0.1, -0.05) is 36.4 Å². The number of fused-ring (bicyclic) bond motifs is 1. The van der Waals surface area contributed by atoms with Crippen molar-refractivity contribution in [2.24, 2.45) is 0 Å². The smallest absolute Gasteiger partial charge is 0.268 e. The van der Waals surface area contributed by atoms with Crippen LogP contribution in [0.1, 0.15) is 6.92 Å². The largest absolute Gasteiger partial charge is 0.298 e. The highest BCUT2D eigenvalue weighted by Crippen LogP contribution is 2.34. The average molecular weight is 361 g/mol. The van der Waals surface area contributed by atoms with E-state index in [0.29, 0.717) is 10.4 Å². The maximum absolute atomic E-state index is 13.0. The molecular weight excluding hydrogens is 340 g/mol. The summed E-state index contributed by atoms with van der Waals surface area (Å²) >= 11 is 1.65. The van der Waals surface area contributed by atoms with Crippen LogP contribution in [0.3, 0.4) is 0 Å². The standard InChI is InChI=1S/C18H20N2O2S2/c1-14(19(2)3)23-18-13-20(17-12-8-7-11-16(17)18)24(21,22)15-9-5-4-6-10-15/h4-14H,1-3H3. The predicted octanol–water partition coefficient (Wildman–Crippen LogP) is 3.88. The third-order valence-electron chi connectivity index (χ3n) is 3.97. The second kappa shape index (κ2) is 6.63. The van der Waals surface area contributed by atoms with Gasteiger partial charge in [0.2, 0.25) is 0 Å². The molecule has 0 bridgehead atoms. The first-order valence-corrected chi connectivity index (χ1v) is 9.97. The molecule has 0 fully saturated rings. The molecule has 1 heterocycles. The van der Waals surface area contributed by atoms with E-state index in [1.54, 1.807) is 42.2 Å². The van der Waals surface area contributed by atoms with Crippen molar-refractivity contribution in [3.8, 4) is 0 Å². The first-order valence-electron chi connectivity index (χ1n) is 7.65. The number of thioether (sulfide) groups is 1. The number of rotatable bonds is 5. The first-order chi connectivity index (χ1) is 11.4. The van der Waals surface area contributed by atoms with Crippen LogP contribution in [0.2, 0.25) is 0 Å². The van der Waals surface area contributed by atoms with Crippen molar-refractivity contribution in [3.63, 3.8) is 0 Å². The number of benzene rings is 2. The normalized spacial score (nSPS) is 13.5. The Balaban J connectivity index is 2.16. The zero-order chi connectivity index (χ0) is 17.3. The third kappa shape index (κ3) is 3.09. The lowest BCUT2D eigenvalue weighted by Crippen LogP contribution is -2.20. The molecule has 0 amide bonds. The Bertz CT molecular complexity index is 948. The topological polar surface area (TPSA) is 42.3 Å². The van der Waals surface area contributed by atoms with Crippen molar-refractivity contribution in [2.75, 3.05) is 14.1 Å². The average Bonchev–Trinajstić information content (AvgIpc) is 2.95. The Hall–Kier alpha value is -1.76. The van der Waals surface area contributed by atoms with E-state index in [1.807, 2.05) is 44.4 Å². The lowest BCUT2D eigenvalue weighted by Gasteiger charge is -2.18. The second-order valence-corrected chi connectivity index (χ2v) is 8.98. The minimum Gasteiger partial charge on any atom is -0.298 e. The van der Waals surface area contributed by atoms with Crippen LogP contribution in [0.15, 0.2) is 70.6 Å². The number of hydrogen-bond donors (Lipinski definition) is 0. The molecule has 0 saturated heterocycles. The van der Waals surface area contributed by atoms with Gasteiger partial charge >= 0.3 is 0 Å². The summed E-state index contributed by atoms with van der Waals surface area (Å²) in [6.07, 6.45) is 1.73. The van der Waals surface area contributed by atoms with Gasteiger partial charge < -0.3 is 0 Å². The molecule has 1 unspecified atom stereocenters. The molecule has 0 aliphatic carbocycles. The lowest BCUT2D eigenvalue weighted by atomic mass is 10.2. The van der Waals surface area contributed by atoms with Crippen LogP contribution >= 0.6 is 11.8 Å². The number of hydrogen-bond acceptors (Lipinski definition) is 4. The van der Waals surface area contributed by atoms with Crippen LogP contribution in [0, 0.1) is 0 Å². The van der Waals surface area contributed by atoms with E-state index in [4.69, 9.17) is 0 Å². The van der Waals surface area contributed by atoms with Gasteiger partial charge in [-0.2, -0.15) is 0 Å². The quantitative estimate of drug-likeness (QED) is 0.511. The Morgan fingerprint density at radius 3 is 2.29 bits per heavy atom. The number of para-hydroxylation sites is 1. The minimum atomic E-state index is -3.61. The Kier molecular flexibility index (Phi) is 4.71. The van der Waals surface area contributed by atoms with Gasteiger partial charge in [0.15, 0.2) is 0 Å². The van der Waals surface area contributed by atoms with Crippen LogP contribution in [0.5, 0.6) is 0 Å². The van der Waals surface area contributed by atoms with Crippen LogP contribution in [0.25, 0.3) is 10.9 Å². The van der Waals surface area contributed by atoms with Gasteiger partial charge in [0.25, 0.3) is 10.0 Å². The van der Waals surface area contributed by atoms with Crippen LogP contribution in [0.4, 0.5) is 0 Å². The molecule has 0 N–H and O–H groups in total. The molecule has 0 saturated carbocycles. The van der Waals surface area contributed by atoms with Gasteiger partial charge in [0.05, 0.1) is 15.8 Å². The summed E-state index contributed by atoms with van der Waals surface area (Å²) in [5.74, 6) is 0. The summed E-state index contributed by atoms with van der Waals surface area (Å²) in [5.41, 5.74) is 0.704. The van der Waals surface area contributed by atoms with Gasteiger partial charge in [0, 0.05) is 16.5 Å². The zero-order valence-electron chi connectivity index (χ0n) is 13.9. The van der Waals surface area contributed by atoms with Crippen molar-refractivity contribution in [3.05, 3.63) is 60.8 Å². The molecule has 0 aliphatic heterocycles. The minimum absolute atomic E-state index is 0.240. The molecule has 0 radical (unpaired) electrons. The van der Waals surface area contributed by atoms with Crippen LogP contribution in [-0.4, -0.2) is 36.8 Å². The summed E-state index contributed by atoms with van der Waals surface area (Å²) in [6.45, 7) is 2.10. The van der Waals surface area contributed by atoms with Crippen molar-refractivity contribution >= 4 is 32.7 Å².